The minimum atomic E-state index is 0.790. The molecular formula is C12H16N4. The maximum absolute atomic E-state index is 4.09. The summed E-state index contributed by atoms with van der Waals surface area (Å²) in [5.74, 6) is 0.790. The molecule has 1 aromatic heterocycles. The van der Waals surface area contributed by atoms with Gasteiger partial charge in [0.15, 0.2) is 0 Å². The van der Waals surface area contributed by atoms with Crippen LogP contribution in [-0.4, -0.2) is 28.1 Å². The number of fused-ring (bicyclic) bond motifs is 1. The van der Waals surface area contributed by atoms with Crippen LogP contribution in [0.2, 0.25) is 0 Å². The highest BCUT2D eigenvalue weighted by atomic mass is 15.4. The predicted molar refractivity (Wildman–Crippen MR) is 63.2 cm³/mol. The molecule has 1 atom stereocenters. The average molecular weight is 216 g/mol. The summed E-state index contributed by atoms with van der Waals surface area (Å²) in [5, 5.41) is 11.5. The smallest absolute Gasteiger partial charge is 0.113 e. The molecule has 0 bridgehead atoms. The number of hydrogen-bond acceptors (Lipinski definition) is 3. The SMILES string of the molecule is Cn1nnc2ccc(CC3CCNC3)cc21. The van der Waals surface area contributed by atoms with Crippen LogP contribution in [0.5, 0.6) is 0 Å². The molecule has 4 nitrogen and oxygen atoms in total. The molecular weight excluding hydrogens is 200 g/mol. The van der Waals surface area contributed by atoms with Crippen LogP contribution in [0, 0.1) is 5.92 Å². The standard InChI is InChI=1S/C12H16N4/c1-16-12-7-9(2-3-11(12)14-15-16)6-10-4-5-13-8-10/h2-3,7,10,13H,4-6,8H2,1H3. The van der Waals surface area contributed by atoms with E-state index in [4.69, 9.17) is 0 Å². The second-order valence-electron chi connectivity index (χ2n) is 4.60. The van der Waals surface area contributed by atoms with Crippen LogP contribution in [0.25, 0.3) is 11.0 Å². The van der Waals surface area contributed by atoms with Gasteiger partial charge in [0.05, 0.1) is 5.52 Å². The summed E-state index contributed by atoms with van der Waals surface area (Å²) >= 11 is 0. The fourth-order valence-electron chi connectivity index (χ4n) is 2.43. The van der Waals surface area contributed by atoms with Gasteiger partial charge in [-0.3, -0.25) is 0 Å². The molecule has 1 aromatic carbocycles. The summed E-state index contributed by atoms with van der Waals surface area (Å²) in [6.07, 6.45) is 2.45. The first-order valence-corrected chi connectivity index (χ1v) is 5.82. The maximum Gasteiger partial charge on any atom is 0.113 e. The lowest BCUT2D eigenvalue weighted by Crippen LogP contribution is -2.10. The molecule has 0 radical (unpaired) electrons. The Morgan fingerprint density at radius 1 is 1.50 bits per heavy atom. The van der Waals surface area contributed by atoms with Gasteiger partial charge in [-0.25, -0.2) is 4.68 Å². The third kappa shape index (κ3) is 1.69. The zero-order chi connectivity index (χ0) is 11.0. The van der Waals surface area contributed by atoms with Gasteiger partial charge in [-0.15, -0.1) is 5.10 Å². The molecule has 1 saturated heterocycles. The highest BCUT2D eigenvalue weighted by molar-refractivity contribution is 5.74. The summed E-state index contributed by atoms with van der Waals surface area (Å²) in [6.45, 7) is 2.32. The first-order valence-electron chi connectivity index (χ1n) is 5.82. The minimum absolute atomic E-state index is 0.790. The van der Waals surface area contributed by atoms with E-state index in [9.17, 15) is 0 Å². The van der Waals surface area contributed by atoms with Crippen molar-refractivity contribution in [3.05, 3.63) is 23.8 Å². The molecule has 0 saturated carbocycles. The summed E-state index contributed by atoms with van der Waals surface area (Å²) in [6, 6.07) is 6.46. The van der Waals surface area contributed by atoms with E-state index in [2.05, 4.69) is 33.8 Å². The quantitative estimate of drug-likeness (QED) is 0.818. The van der Waals surface area contributed by atoms with Crippen molar-refractivity contribution in [1.82, 2.24) is 20.3 Å². The molecule has 3 rings (SSSR count). The van der Waals surface area contributed by atoms with Gasteiger partial charge in [0.1, 0.15) is 5.52 Å². The maximum atomic E-state index is 4.09. The Bertz CT molecular complexity index is 497. The monoisotopic (exact) mass is 216 g/mol. The van der Waals surface area contributed by atoms with E-state index < -0.39 is 0 Å². The fraction of sp³-hybridized carbons (Fsp3) is 0.500. The van der Waals surface area contributed by atoms with E-state index in [1.54, 1.807) is 0 Å². The minimum Gasteiger partial charge on any atom is -0.316 e. The number of nitrogens with one attached hydrogen (secondary N) is 1. The van der Waals surface area contributed by atoms with Crippen molar-refractivity contribution >= 4 is 11.0 Å². The predicted octanol–water partition coefficient (Wildman–Crippen LogP) is 1.12. The Kier molecular flexibility index (Phi) is 2.36. The Labute approximate surface area is 94.6 Å². The molecule has 1 unspecified atom stereocenters. The van der Waals surface area contributed by atoms with Crippen molar-refractivity contribution in [3.8, 4) is 0 Å². The van der Waals surface area contributed by atoms with Crippen LogP contribution < -0.4 is 5.32 Å². The van der Waals surface area contributed by atoms with E-state index >= 15 is 0 Å². The molecule has 2 heterocycles. The number of nitrogens with zero attached hydrogens (tertiary/aromatic N) is 3. The summed E-state index contributed by atoms with van der Waals surface area (Å²) < 4.78 is 1.84. The third-order valence-electron chi connectivity index (χ3n) is 3.36. The van der Waals surface area contributed by atoms with Crippen LogP contribution in [0.4, 0.5) is 0 Å². The zero-order valence-electron chi connectivity index (χ0n) is 9.48. The normalized spacial score (nSPS) is 20.7. The van der Waals surface area contributed by atoms with Gasteiger partial charge in [0.25, 0.3) is 0 Å². The van der Waals surface area contributed by atoms with E-state index in [1.165, 1.54) is 18.5 Å². The van der Waals surface area contributed by atoms with Crippen molar-refractivity contribution in [1.29, 1.82) is 0 Å². The number of aromatic nitrogens is 3. The van der Waals surface area contributed by atoms with E-state index in [0.717, 1.165) is 29.9 Å². The lowest BCUT2D eigenvalue weighted by Gasteiger charge is -2.07. The molecule has 84 valence electrons. The van der Waals surface area contributed by atoms with Crippen LogP contribution >= 0.6 is 0 Å². The zero-order valence-corrected chi connectivity index (χ0v) is 9.48. The van der Waals surface area contributed by atoms with Crippen molar-refractivity contribution in [2.45, 2.75) is 12.8 Å². The number of aryl methyl sites for hydroxylation is 1. The Morgan fingerprint density at radius 3 is 3.25 bits per heavy atom. The lowest BCUT2D eigenvalue weighted by atomic mass is 9.98. The van der Waals surface area contributed by atoms with E-state index in [-0.39, 0.29) is 0 Å². The van der Waals surface area contributed by atoms with Gasteiger partial charge < -0.3 is 5.32 Å². The molecule has 1 N–H and O–H groups in total. The topological polar surface area (TPSA) is 42.7 Å². The number of hydrogen-bond donors (Lipinski definition) is 1. The van der Waals surface area contributed by atoms with Crippen LogP contribution in [0.15, 0.2) is 18.2 Å². The third-order valence-corrected chi connectivity index (χ3v) is 3.36. The van der Waals surface area contributed by atoms with E-state index in [0.29, 0.717) is 0 Å². The van der Waals surface area contributed by atoms with Crippen LogP contribution in [0.1, 0.15) is 12.0 Å². The molecule has 1 aliphatic heterocycles. The molecule has 2 aromatic rings. The molecule has 1 aliphatic rings. The molecule has 4 heteroatoms. The molecule has 0 spiro atoms. The van der Waals surface area contributed by atoms with Gasteiger partial charge in [-0.1, -0.05) is 11.3 Å². The lowest BCUT2D eigenvalue weighted by molar-refractivity contribution is 0.580. The Morgan fingerprint density at radius 2 is 2.44 bits per heavy atom. The van der Waals surface area contributed by atoms with Gasteiger partial charge in [-0.2, -0.15) is 0 Å². The second-order valence-corrected chi connectivity index (χ2v) is 4.60. The van der Waals surface area contributed by atoms with Crippen LogP contribution in [0.3, 0.4) is 0 Å². The molecule has 1 fully saturated rings. The van der Waals surface area contributed by atoms with Gasteiger partial charge in [0, 0.05) is 7.05 Å². The highest BCUT2D eigenvalue weighted by Gasteiger charge is 2.15. The molecule has 0 amide bonds. The van der Waals surface area contributed by atoms with Gasteiger partial charge in [-0.05, 0) is 49.5 Å². The fourth-order valence-corrected chi connectivity index (χ4v) is 2.43. The largest absolute Gasteiger partial charge is 0.316 e. The van der Waals surface area contributed by atoms with Crippen LogP contribution in [-0.2, 0) is 13.5 Å². The molecule has 16 heavy (non-hydrogen) atoms. The Hall–Kier alpha value is -1.42. The number of benzene rings is 1. The van der Waals surface area contributed by atoms with E-state index in [1.807, 2.05) is 11.7 Å². The summed E-state index contributed by atoms with van der Waals surface area (Å²) in [4.78, 5) is 0. The van der Waals surface area contributed by atoms with Crippen molar-refractivity contribution < 1.29 is 0 Å². The van der Waals surface area contributed by atoms with Gasteiger partial charge >= 0.3 is 0 Å². The molecule has 0 aliphatic carbocycles. The Balaban J connectivity index is 1.88. The highest BCUT2D eigenvalue weighted by Crippen LogP contribution is 2.18. The number of rotatable bonds is 2. The van der Waals surface area contributed by atoms with Crippen molar-refractivity contribution in [2.24, 2.45) is 13.0 Å². The van der Waals surface area contributed by atoms with Crippen molar-refractivity contribution in [3.63, 3.8) is 0 Å². The summed E-state index contributed by atoms with van der Waals surface area (Å²) in [5.41, 5.74) is 3.51. The van der Waals surface area contributed by atoms with Gasteiger partial charge in [0.2, 0.25) is 0 Å². The first-order chi connectivity index (χ1) is 7.83. The average Bonchev–Trinajstić information content (AvgIpc) is 2.90. The second kappa shape index (κ2) is 3.87. The van der Waals surface area contributed by atoms with Crippen molar-refractivity contribution in [2.75, 3.05) is 13.1 Å². The summed E-state index contributed by atoms with van der Waals surface area (Å²) in [7, 11) is 1.94. The first kappa shape index (κ1) is 9.78.